The van der Waals surface area contributed by atoms with Gasteiger partial charge in [0.15, 0.2) is 0 Å². The van der Waals surface area contributed by atoms with Crippen molar-refractivity contribution >= 4 is 0 Å². The molecule has 7 heavy (non-hydrogen) atoms. The molecule has 1 heterocycles. The van der Waals surface area contributed by atoms with Gasteiger partial charge in [-0.1, -0.05) is 5.10 Å². The van der Waals surface area contributed by atoms with Gasteiger partial charge in [-0.2, -0.15) is 8.78 Å². The number of hydrogen-bond acceptors (Lipinski definition) is 3. The average molecular weight is 106 g/mol. The van der Waals surface area contributed by atoms with Gasteiger partial charge in [-0.15, -0.1) is 0 Å². The van der Waals surface area contributed by atoms with Gasteiger partial charge >= 0.3 is 12.0 Å². The zero-order chi connectivity index (χ0) is 5.28. The third-order valence-corrected chi connectivity index (χ3v) is 0.412. The summed E-state index contributed by atoms with van der Waals surface area (Å²) in [5, 5.41) is 5.10. The van der Waals surface area contributed by atoms with Crippen molar-refractivity contribution in [3.05, 3.63) is 12.0 Å². The normalized spacial score (nSPS) is 9.43. The summed E-state index contributed by atoms with van der Waals surface area (Å²) in [6.45, 7) is 0. The first kappa shape index (κ1) is 4.17. The molecule has 0 aromatic carbocycles. The Balaban J connectivity index is 3.12. The highest BCUT2D eigenvalue weighted by molar-refractivity contribution is 4.64. The van der Waals surface area contributed by atoms with Gasteiger partial charge in [0.05, 0.1) is 0 Å². The molecule has 38 valence electrons. The van der Waals surface area contributed by atoms with Gasteiger partial charge in [0.25, 0.3) is 0 Å². The summed E-state index contributed by atoms with van der Waals surface area (Å²) >= 11 is 0. The highest BCUT2D eigenvalue weighted by Crippen LogP contribution is 1.95. The zero-order valence-corrected chi connectivity index (χ0v) is 3.06. The van der Waals surface area contributed by atoms with Crippen LogP contribution in [0, 0.1) is 12.0 Å². The first-order valence-electron chi connectivity index (χ1n) is 1.44. The first-order chi connectivity index (χ1) is 3.30. The van der Waals surface area contributed by atoms with Crippen LogP contribution in [0.5, 0.6) is 0 Å². The number of nitrogens with zero attached hydrogens (tertiary/aromatic N) is 2. The third-order valence-electron chi connectivity index (χ3n) is 0.412. The van der Waals surface area contributed by atoms with E-state index in [2.05, 4.69) is 14.9 Å². The molecule has 0 aliphatic rings. The van der Waals surface area contributed by atoms with Crippen molar-refractivity contribution in [3.63, 3.8) is 0 Å². The number of halogens is 2. The number of hydrogen-bond donors (Lipinski definition) is 0. The topological polar surface area (TPSA) is 38.9 Å². The minimum absolute atomic E-state index is 1.31. The lowest BCUT2D eigenvalue weighted by Gasteiger charge is -1.63. The van der Waals surface area contributed by atoms with Crippen LogP contribution in [0.3, 0.4) is 0 Å². The van der Waals surface area contributed by atoms with Crippen LogP contribution >= 0.6 is 0 Å². The quantitative estimate of drug-likeness (QED) is 0.479. The maximum absolute atomic E-state index is 11.4. The van der Waals surface area contributed by atoms with E-state index in [4.69, 9.17) is 0 Å². The van der Waals surface area contributed by atoms with Crippen molar-refractivity contribution in [2.75, 3.05) is 0 Å². The second kappa shape index (κ2) is 1.25. The van der Waals surface area contributed by atoms with Crippen molar-refractivity contribution in [2.24, 2.45) is 0 Å². The minimum atomic E-state index is -1.37. The number of aromatic nitrogens is 2. The summed E-state index contributed by atoms with van der Waals surface area (Å²) in [6, 6.07) is -1.37. The van der Waals surface area contributed by atoms with Gasteiger partial charge in [0, 0.05) is 5.27 Å². The zero-order valence-electron chi connectivity index (χ0n) is 3.06. The second-order valence-electron chi connectivity index (χ2n) is 0.837. The van der Waals surface area contributed by atoms with Gasteiger partial charge in [0.2, 0.25) is 0 Å². The van der Waals surface area contributed by atoms with Crippen LogP contribution in [-0.4, -0.2) is 10.4 Å². The Labute approximate surface area is 36.9 Å². The lowest BCUT2D eigenvalue weighted by molar-refractivity contribution is 0.261. The smallest absolute Gasteiger partial charge is 0.303 e. The van der Waals surface area contributed by atoms with E-state index < -0.39 is 12.0 Å². The van der Waals surface area contributed by atoms with E-state index in [0.29, 0.717) is 0 Å². The summed E-state index contributed by atoms with van der Waals surface area (Å²) in [5.41, 5.74) is 0. The van der Waals surface area contributed by atoms with E-state index in [1.165, 1.54) is 0 Å². The summed E-state index contributed by atoms with van der Waals surface area (Å²) in [4.78, 5) is 0. The summed E-state index contributed by atoms with van der Waals surface area (Å²) in [6.07, 6.45) is 0. The third kappa shape index (κ3) is 0.556. The van der Waals surface area contributed by atoms with Crippen LogP contribution in [0.4, 0.5) is 8.78 Å². The van der Waals surface area contributed by atoms with Gasteiger partial charge in [-0.25, -0.2) is 0 Å². The second-order valence-corrected chi connectivity index (χ2v) is 0.837. The van der Waals surface area contributed by atoms with Gasteiger partial charge in [-0.3, -0.25) is 0 Å². The van der Waals surface area contributed by atoms with Crippen molar-refractivity contribution in [1.82, 2.24) is 10.4 Å². The van der Waals surface area contributed by atoms with E-state index in [1.807, 2.05) is 0 Å². The Hall–Kier alpha value is -1.00. The SMILES string of the molecule is Fc1nnoc1F. The first-order valence-corrected chi connectivity index (χ1v) is 1.44. The minimum Gasteiger partial charge on any atom is -0.303 e. The van der Waals surface area contributed by atoms with Gasteiger partial charge < -0.3 is 4.52 Å². The molecule has 1 aromatic heterocycles. The molecule has 0 aliphatic carbocycles. The molecule has 0 aliphatic heterocycles. The molecule has 0 fully saturated rings. The molecule has 1 aromatic rings. The maximum Gasteiger partial charge on any atom is 0.362 e. The molecule has 0 N–H and O–H groups in total. The van der Waals surface area contributed by atoms with Gasteiger partial charge in [0.1, 0.15) is 0 Å². The predicted octanol–water partition coefficient (Wildman–Crippen LogP) is 0.348. The van der Waals surface area contributed by atoms with Crippen molar-refractivity contribution < 1.29 is 13.3 Å². The van der Waals surface area contributed by atoms with Crippen LogP contribution < -0.4 is 0 Å². The van der Waals surface area contributed by atoms with Crippen LogP contribution in [0.25, 0.3) is 0 Å². The Kier molecular flexibility index (Phi) is 0.744. The van der Waals surface area contributed by atoms with E-state index in [0.717, 1.165) is 0 Å². The molecule has 3 nitrogen and oxygen atoms in total. The van der Waals surface area contributed by atoms with Crippen LogP contribution in [0.1, 0.15) is 0 Å². The monoisotopic (exact) mass is 106 g/mol. The largest absolute Gasteiger partial charge is 0.362 e. The fourth-order valence-electron chi connectivity index (χ4n) is 0.169. The predicted molar refractivity (Wildman–Crippen MR) is 14.2 cm³/mol. The highest BCUT2D eigenvalue weighted by atomic mass is 19.2. The maximum atomic E-state index is 11.4. The van der Waals surface area contributed by atoms with E-state index in [1.54, 1.807) is 0 Å². The Morgan fingerprint density at radius 1 is 1.43 bits per heavy atom. The Morgan fingerprint density at radius 3 is 2.29 bits per heavy atom. The molecule has 0 atom stereocenters. The molecule has 0 amide bonds. The van der Waals surface area contributed by atoms with E-state index in [-0.39, 0.29) is 0 Å². The fourth-order valence-corrected chi connectivity index (χ4v) is 0.169. The molecule has 0 saturated heterocycles. The molecule has 0 spiro atoms. The molecule has 1 rings (SSSR count). The molecular weight excluding hydrogens is 106 g/mol. The van der Waals surface area contributed by atoms with Crippen LogP contribution in [0.15, 0.2) is 4.52 Å². The van der Waals surface area contributed by atoms with Crippen LogP contribution in [-0.2, 0) is 0 Å². The Bertz CT molecular complexity index is 146. The highest BCUT2D eigenvalue weighted by Gasteiger charge is 2.04. The molecule has 0 unspecified atom stereocenters. The lowest BCUT2D eigenvalue weighted by atomic mass is 10.9. The van der Waals surface area contributed by atoms with Crippen molar-refractivity contribution in [2.45, 2.75) is 0 Å². The van der Waals surface area contributed by atoms with Crippen LogP contribution in [0.2, 0.25) is 0 Å². The summed E-state index contributed by atoms with van der Waals surface area (Å²) < 4.78 is 26.4. The van der Waals surface area contributed by atoms with Crippen molar-refractivity contribution in [1.29, 1.82) is 0 Å². The standard InChI is InChI=1S/C2F2N2O/c3-1-2(4)7-6-5-1. The van der Waals surface area contributed by atoms with E-state index in [9.17, 15) is 8.78 Å². The van der Waals surface area contributed by atoms with E-state index >= 15 is 0 Å². The fraction of sp³-hybridized carbons (Fsp3) is 0. The number of rotatable bonds is 0. The van der Waals surface area contributed by atoms with Gasteiger partial charge in [-0.05, 0) is 0 Å². The Morgan fingerprint density at radius 2 is 2.14 bits per heavy atom. The molecule has 0 radical (unpaired) electrons. The molecular formula is C2F2N2O. The summed E-state index contributed by atoms with van der Waals surface area (Å²) in [7, 11) is 0. The van der Waals surface area contributed by atoms with Crippen molar-refractivity contribution in [3.8, 4) is 0 Å². The summed E-state index contributed by atoms with van der Waals surface area (Å²) in [5.74, 6) is -1.31. The molecule has 5 heteroatoms. The lowest BCUT2D eigenvalue weighted by Crippen LogP contribution is -1.73. The molecule has 0 bridgehead atoms. The average Bonchev–Trinajstić information content (AvgIpc) is 1.91. The molecule has 0 saturated carbocycles.